The zero-order chi connectivity index (χ0) is 16.4. The Bertz CT molecular complexity index is 561. The fourth-order valence-electron chi connectivity index (χ4n) is 4.18. The number of aryl methyl sites for hydroxylation is 1. The zero-order valence-electron chi connectivity index (χ0n) is 14.7. The molecule has 3 heteroatoms. The molecule has 1 saturated heterocycles. The minimum absolute atomic E-state index is 0.142. The van der Waals surface area contributed by atoms with Crippen molar-refractivity contribution in [2.75, 3.05) is 13.1 Å². The fourth-order valence-corrected chi connectivity index (χ4v) is 4.18. The molecule has 0 radical (unpaired) electrons. The number of hydrogen-bond donors (Lipinski definition) is 2. The first-order valence-electron chi connectivity index (χ1n) is 9.08. The molecule has 2 fully saturated rings. The van der Waals surface area contributed by atoms with Crippen LogP contribution >= 0.6 is 0 Å². The van der Waals surface area contributed by atoms with Crippen molar-refractivity contribution in [3.05, 3.63) is 35.4 Å². The molecule has 23 heavy (non-hydrogen) atoms. The molecule has 2 unspecified atom stereocenters. The molecule has 2 aliphatic rings. The van der Waals surface area contributed by atoms with Gasteiger partial charge in [-0.15, -0.1) is 0 Å². The molecule has 1 heterocycles. The van der Waals surface area contributed by atoms with Gasteiger partial charge in [-0.05, 0) is 68.2 Å². The summed E-state index contributed by atoms with van der Waals surface area (Å²) in [5.74, 6) is 1.08. The monoisotopic (exact) mass is 314 g/mol. The number of hydrogen-bond acceptors (Lipinski definition) is 2. The van der Waals surface area contributed by atoms with Gasteiger partial charge in [0.2, 0.25) is 5.91 Å². The van der Waals surface area contributed by atoms with Crippen LogP contribution in [-0.4, -0.2) is 19.0 Å². The van der Waals surface area contributed by atoms with Crippen molar-refractivity contribution in [2.24, 2.45) is 17.3 Å². The van der Waals surface area contributed by atoms with E-state index in [9.17, 15) is 4.79 Å². The lowest BCUT2D eigenvalue weighted by atomic mass is 9.90. The van der Waals surface area contributed by atoms with Crippen LogP contribution in [0.15, 0.2) is 24.3 Å². The Kier molecular flexibility index (Phi) is 4.77. The van der Waals surface area contributed by atoms with E-state index in [1.165, 1.54) is 11.1 Å². The molecule has 2 N–H and O–H groups in total. The van der Waals surface area contributed by atoms with Crippen LogP contribution < -0.4 is 10.6 Å². The van der Waals surface area contributed by atoms with Gasteiger partial charge in [0, 0.05) is 5.92 Å². The summed E-state index contributed by atoms with van der Waals surface area (Å²) < 4.78 is 0. The van der Waals surface area contributed by atoms with Gasteiger partial charge in [-0.25, -0.2) is 0 Å². The van der Waals surface area contributed by atoms with E-state index in [4.69, 9.17) is 0 Å². The van der Waals surface area contributed by atoms with Crippen molar-refractivity contribution in [3.8, 4) is 0 Å². The SMILES string of the molecule is Cc1ccccc1C(CC(C)C)NC(=O)C1CC12CCNCC2. The maximum atomic E-state index is 12.8. The Morgan fingerprint density at radius 2 is 2.00 bits per heavy atom. The smallest absolute Gasteiger partial charge is 0.224 e. The Balaban J connectivity index is 1.69. The molecule has 1 aromatic carbocycles. The maximum absolute atomic E-state index is 12.8. The van der Waals surface area contributed by atoms with Gasteiger partial charge < -0.3 is 10.6 Å². The molecule has 1 aliphatic heterocycles. The first-order valence-corrected chi connectivity index (χ1v) is 9.08. The van der Waals surface area contributed by atoms with Crippen LogP contribution in [0.1, 0.15) is 56.7 Å². The highest BCUT2D eigenvalue weighted by atomic mass is 16.2. The molecule has 1 aromatic rings. The Labute approximate surface area is 140 Å². The van der Waals surface area contributed by atoms with Crippen LogP contribution in [0.3, 0.4) is 0 Å². The molecule has 0 aromatic heterocycles. The van der Waals surface area contributed by atoms with Gasteiger partial charge in [0.1, 0.15) is 0 Å². The highest BCUT2D eigenvalue weighted by molar-refractivity contribution is 5.83. The highest BCUT2D eigenvalue weighted by Crippen LogP contribution is 2.58. The van der Waals surface area contributed by atoms with E-state index < -0.39 is 0 Å². The highest BCUT2D eigenvalue weighted by Gasteiger charge is 2.57. The van der Waals surface area contributed by atoms with E-state index >= 15 is 0 Å². The van der Waals surface area contributed by atoms with Gasteiger partial charge in [0.05, 0.1) is 6.04 Å². The number of piperidine rings is 1. The zero-order valence-corrected chi connectivity index (χ0v) is 14.7. The minimum Gasteiger partial charge on any atom is -0.349 e. The Morgan fingerprint density at radius 3 is 2.65 bits per heavy atom. The molecule has 0 bridgehead atoms. The van der Waals surface area contributed by atoms with Crippen molar-refractivity contribution in [1.82, 2.24) is 10.6 Å². The second-order valence-corrected chi connectivity index (χ2v) is 7.92. The van der Waals surface area contributed by atoms with Crippen LogP contribution in [0.4, 0.5) is 0 Å². The first-order chi connectivity index (χ1) is 11.0. The lowest BCUT2D eigenvalue weighted by molar-refractivity contribution is -0.124. The third kappa shape index (κ3) is 3.60. The molecule has 1 amide bonds. The van der Waals surface area contributed by atoms with Crippen molar-refractivity contribution < 1.29 is 4.79 Å². The van der Waals surface area contributed by atoms with E-state index in [1.54, 1.807) is 0 Å². The number of carbonyl (C=O) groups is 1. The number of nitrogens with one attached hydrogen (secondary N) is 2. The maximum Gasteiger partial charge on any atom is 0.224 e. The standard InChI is InChI=1S/C20H30N2O/c1-14(2)12-18(16-7-5-4-6-15(16)3)22-19(23)17-13-20(17)8-10-21-11-9-20/h4-7,14,17-18,21H,8-13H2,1-3H3,(H,22,23). The molecular formula is C20H30N2O. The van der Waals surface area contributed by atoms with Crippen LogP contribution in [0, 0.1) is 24.2 Å². The Morgan fingerprint density at radius 1 is 1.30 bits per heavy atom. The third-order valence-corrected chi connectivity index (χ3v) is 5.69. The van der Waals surface area contributed by atoms with Gasteiger partial charge in [-0.1, -0.05) is 38.1 Å². The number of rotatable bonds is 5. The second-order valence-electron chi connectivity index (χ2n) is 7.92. The predicted molar refractivity (Wildman–Crippen MR) is 94.2 cm³/mol. The summed E-state index contributed by atoms with van der Waals surface area (Å²) in [6.07, 6.45) is 4.40. The molecule has 1 spiro atoms. The number of amides is 1. The van der Waals surface area contributed by atoms with Gasteiger partial charge in [-0.3, -0.25) is 4.79 Å². The van der Waals surface area contributed by atoms with Crippen molar-refractivity contribution in [2.45, 2.75) is 52.5 Å². The topological polar surface area (TPSA) is 41.1 Å². The summed E-state index contributed by atoms with van der Waals surface area (Å²) in [4.78, 5) is 12.8. The minimum atomic E-state index is 0.142. The average molecular weight is 314 g/mol. The quantitative estimate of drug-likeness (QED) is 0.872. The van der Waals surface area contributed by atoms with E-state index in [1.807, 2.05) is 0 Å². The molecular weight excluding hydrogens is 284 g/mol. The van der Waals surface area contributed by atoms with E-state index in [-0.39, 0.29) is 17.9 Å². The Hall–Kier alpha value is -1.35. The van der Waals surface area contributed by atoms with Gasteiger partial charge in [0.15, 0.2) is 0 Å². The van der Waals surface area contributed by atoms with Gasteiger partial charge in [-0.2, -0.15) is 0 Å². The number of carbonyl (C=O) groups excluding carboxylic acids is 1. The van der Waals surface area contributed by atoms with Crippen LogP contribution in [-0.2, 0) is 4.79 Å². The summed E-state index contributed by atoms with van der Waals surface area (Å²) in [6, 6.07) is 8.59. The summed E-state index contributed by atoms with van der Waals surface area (Å²) in [6.45, 7) is 8.72. The van der Waals surface area contributed by atoms with Crippen molar-refractivity contribution in [1.29, 1.82) is 0 Å². The molecule has 1 saturated carbocycles. The van der Waals surface area contributed by atoms with E-state index in [2.05, 4.69) is 55.7 Å². The second kappa shape index (κ2) is 6.64. The lowest BCUT2D eigenvalue weighted by Gasteiger charge is -2.26. The number of benzene rings is 1. The van der Waals surface area contributed by atoms with Crippen LogP contribution in [0.5, 0.6) is 0 Å². The molecule has 2 atom stereocenters. The largest absolute Gasteiger partial charge is 0.349 e. The summed E-state index contributed by atoms with van der Waals surface area (Å²) >= 11 is 0. The predicted octanol–water partition coefficient (Wildman–Crippen LogP) is 3.59. The van der Waals surface area contributed by atoms with Crippen LogP contribution in [0.25, 0.3) is 0 Å². The normalized spacial score (nSPS) is 23.7. The van der Waals surface area contributed by atoms with Gasteiger partial charge in [0.25, 0.3) is 0 Å². The lowest BCUT2D eigenvalue weighted by Crippen LogP contribution is -2.35. The molecule has 3 nitrogen and oxygen atoms in total. The summed E-state index contributed by atoms with van der Waals surface area (Å²) in [5, 5.41) is 6.79. The van der Waals surface area contributed by atoms with Crippen LogP contribution in [0.2, 0.25) is 0 Å². The van der Waals surface area contributed by atoms with Gasteiger partial charge >= 0.3 is 0 Å². The van der Waals surface area contributed by atoms with E-state index in [0.29, 0.717) is 11.3 Å². The molecule has 1 aliphatic carbocycles. The third-order valence-electron chi connectivity index (χ3n) is 5.69. The average Bonchev–Trinajstić information content (AvgIpc) is 3.20. The first kappa shape index (κ1) is 16.5. The van der Waals surface area contributed by atoms with Crippen molar-refractivity contribution >= 4 is 5.91 Å². The van der Waals surface area contributed by atoms with E-state index in [0.717, 1.165) is 38.8 Å². The molecule has 126 valence electrons. The summed E-state index contributed by atoms with van der Waals surface area (Å²) in [7, 11) is 0. The molecule has 3 rings (SSSR count). The summed E-state index contributed by atoms with van der Waals surface area (Å²) in [5.41, 5.74) is 2.85. The van der Waals surface area contributed by atoms with Crippen molar-refractivity contribution in [3.63, 3.8) is 0 Å². The fraction of sp³-hybridized carbons (Fsp3) is 0.650.